The number of nitrogens with one attached hydrogen (secondary N) is 1. The topological polar surface area (TPSA) is 88.8 Å². The number of anilines is 1. The molecule has 0 saturated carbocycles. The maximum absolute atomic E-state index is 10.5. The third-order valence-electron chi connectivity index (χ3n) is 3.43. The first-order valence-corrected chi connectivity index (χ1v) is 7.14. The van der Waals surface area contributed by atoms with Gasteiger partial charge in [0.1, 0.15) is 5.60 Å². The summed E-state index contributed by atoms with van der Waals surface area (Å²) < 4.78 is 1.66. The van der Waals surface area contributed by atoms with E-state index in [4.69, 9.17) is 0 Å². The van der Waals surface area contributed by atoms with E-state index in [1.54, 1.807) is 24.0 Å². The van der Waals surface area contributed by atoms with Gasteiger partial charge in [0.05, 0.1) is 24.1 Å². The van der Waals surface area contributed by atoms with Crippen molar-refractivity contribution in [2.75, 3.05) is 11.9 Å². The molecule has 0 aliphatic rings. The number of nitrogens with zero attached hydrogens (tertiary/aromatic N) is 5. The molecule has 0 fully saturated rings. The molecule has 2 aromatic heterocycles. The number of hydrogen-bond donors (Lipinski definition) is 2. The summed E-state index contributed by atoms with van der Waals surface area (Å²) >= 11 is 0. The standard InChI is InChI=1S/C14H22N6O/c1-5-11-12(6-2)18-19-13(17-11)15-9-14(3,21)10-7-16-20(4)8-10/h7-8,21H,5-6,9H2,1-4H3,(H,15,17,19). The van der Waals surface area contributed by atoms with E-state index in [1.807, 2.05) is 20.9 Å². The molecule has 2 aromatic rings. The van der Waals surface area contributed by atoms with Gasteiger partial charge in [-0.1, -0.05) is 13.8 Å². The fourth-order valence-electron chi connectivity index (χ4n) is 2.07. The summed E-state index contributed by atoms with van der Waals surface area (Å²) in [4.78, 5) is 4.45. The zero-order chi connectivity index (χ0) is 15.5. The van der Waals surface area contributed by atoms with Crippen molar-refractivity contribution in [3.63, 3.8) is 0 Å². The second-order valence-corrected chi connectivity index (χ2v) is 5.27. The van der Waals surface area contributed by atoms with Crippen molar-refractivity contribution in [2.45, 2.75) is 39.2 Å². The molecular weight excluding hydrogens is 268 g/mol. The van der Waals surface area contributed by atoms with E-state index in [2.05, 4.69) is 25.6 Å². The van der Waals surface area contributed by atoms with Gasteiger partial charge >= 0.3 is 0 Å². The quantitative estimate of drug-likeness (QED) is 0.826. The summed E-state index contributed by atoms with van der Waals surface area (Å²) in [6.07, 6.45) is 5.07. The normalized spacial score (nSPS) is 14.0. The minimum Gasteiger partial charge on any atom is -0.383 e. The van der Waals surface area contributed by atoms with Gasteiger partial charge in [0.2, 0.25) is 5.95 Å². The smallest absolute Gasteiger partial charge is 0.243 e. The molecule has 7 heteroatoms. The Morgan fingerprint density at radius 2 is 1.95 bits per heavy atom. The third-order valence-corrected chi connectivity index (χ3v) is 3.43. The molecule has 2 rings (SSSR count). The van der Waals surface area contributed by atoms with Crippen molar-refractivity contribution in [1.82, 2.24) is 25.0 Å². The van der Waals surface area contributed by atoms with Crippen LogP contribution in [0.1, 0.15) is 37.7 Å². The maximum Gasteiger partial charge on any atom is 0.243 e. The highest BCUT2D eigenvalue weighted by atomic mass is 16.3. The first-order valence-electron chi connectivity index (χ1n) is 7.14. The zero-order valence-electron chi connectivity index (χ0n) is 13.0. The molecule has 0 amide bonds. The Bertz CT molecular complexity index is 607. The van der Waals surface area contributed by atoms with Crippen molar-refractivity contribution in [3.8, 4) is 0 Å². The lowest BCUT2D eigenvalue weighted by molar-refractivity contribution is 0.0712. The fourth-order valence-corrected chi connectivity index (χ4v) is 2.07. The van der Waals surface area contributed by atoms with Crippen LogP contribution in [0, 0.1) is 0 Å². The van der Waals surface area contributed by atoms with E-state index < -0.39 is 5.60 Å². The van der Waals surface area contributed by atoms with Crippen molar-refractivity contribution in [3.05, 3.63) is 29.3 Å². The van der Waals surface area contributed by atoms with Crippen LogP contribution >= 0.6 is 0 Å². The molecule has 2 heterocycles. The zero-order valence-corrected chi connectivity index (χ0v) is 13.0. The Morgan fingerprint density at radius 1 is 1.24 bits per heavy atom. The molecule has 2 N–H and O–H groups in total. The van der Waals surface area contributed by atoms with Crippen LogP contribution in [0.25, 0.3) is 0 Å². The van der Waals surface area contributed by atoms with Gasteiger partial charge in [-0.15, -0.1) is 5.10 Å². The Hall–Kier alpha value is -2.02. The predicted octanol–water partition coefficient (Wildman–Crippen LogP) is 1.05. The highest BCUT2D eigenvalue weighted by Gasteiger charge is 2.25. The molecule has 7 nitrogen and oxygen atoms in total. The highest BCUT2D eigenvalue weighted by molar-refractivity contribution is 5.28. The average Bonchev–Trinajstić information content (AvgIpc) is 2.92. The van der Waals surface area contributed by atoms with Gasteiger partial charge in [-0.3, -0.25) is 4.68 Å². The van der Waals surface area contributed by atoms with Crippen molar-refractivity contribution in [1.29, 1.82) is 0 Å². The van der Waals surface area contributed by atoms with Gasteiger partial charge in [-0.25, -0.2) is 4.98 Å². The molecule has 0 radical (unpaired) electrons. The van der Waals surface area contributed by atoms with E-state index >= 15 is 0 Å². The highest BCUT2D eigenvalue weighted by Crippen LogP contribution is 2.20. The largest absolute Gasteiger partial charge is 0.383 e. The molecule has 0 aliphatic heterocycles. The SMILES string of the molecule is CCc1nnc(NCC(C)(O)c2cnn(C)c2)nc1CC. The fraction of sp³-hybridized carbons (Fsp3) is 0.571. The van der Waals surface area contributed by atoms with E-state index in [-0.39, 0.29) is 6.54 Å². The summed E-state index contributed by atoms with van der Waals surface area (Å²) in [5.41, 5.74) is 1.55. The molecule has 1 atom stereocenters. The maximum atomic E-state index is 10.5. The molecule has 21 heavy (non-hydrogen) atoms. The Balaban J connectivity index is 2.08. The van der Waals surface area contributed by atoms with Gasteiger partial charge in [0.25, 0.3) is 0 Å². The van der Waals surface area contributed by atoms with Crippen LogP contribution in [0.3, 0.4) is 0 Å². The monoisotopic (exact) mass is 290 g/mol. The summed E-state index contributed by atoms with van der Waals surface area (Å²) in [5.74, 6) is 0.438. The predicted molar refractivity (Wildman–Crippen MR) is 79.9 cm³/mol. The van der Waals surface area contributed by atoms with Crippen LogP contribution in [-0.4, -0.2) is 36.6 Å². The Morgan fingerprint density at radius 3 is 2.52 bits per heavy atom. The van der Waals surface area contributed by atoms with Crippen LogP contribution in [0.15, 0.2) is 12.4 Å². The van der Waals surface area contributed by atoms with Crippen LogP contribution in [0.2, 0.25) is 0 Å². The third kappa shape index (κ3) is 3.55. The summed E-state index contributed by atoms with van der Waals surface area (Å²) in [6.45, 7) is 6.09. The second-order valence-electron chi connectivity index (χ2n) is 5.27. The van der Waals surface area contributed by atoms with E-state index in [0.29, 0.717) is 5.95 Å². The van der Waals surface area contributed by atoms with E-state index in [1.165, 1.54) is 0 Å². The average molecular weight is 290 g/mol. The van der Waals surface area contributed by atoms with Crippen molar-refractivity contribution >= 4 is 5.95 Å². The molecule has 1 unspecified atom stereocenters. The molecule has 0 spiro atoms. The molecular formula is C14H22N6O. The molecule has 0 saturated heterocycles. The van der Waals surface area contributed by atoms with Crippen LogP contribution in [0.4, 0.5) is 5.95 Å². The molecule has 114 valence electrons. The number of hydrogen-bond acceptors (Lipinski definition) is 6. The molecule has 0 bridgehead atoms. The summed E-state index contributed by atoms with van der Waals surface area (Å²) in [5, 5.41) is 25.8. The minimum absolute atomic E-state index is 0.287. The first kappa shape index (κ1) is 15.4. The number of rotatable bonds is 6. The first-order chi connectivity index (χ1) is 9.96. The molecule has 0 aromatic carbocycles. The van der Waals surface area contributed by atoms with Gasteiger partial charge in [0.15, 0.2) is 0 Å². The minimum atomic E-state index is -1.05. The van der Waals surface area contributed by atoms with Gasteiger partial charge in [-0.05, 0) is 19.8 Å². The van der Waals surface area contributed by atoms with Gasteiger partial charge in [0, 0.05) is 18.8 Å². The Labute approximate surface area is 124 Å². The van der Waals surface area contributed by atoms with Crippen LogP contribution in [-0.2, 0) is 25.5 Å². The Kier molecular flexibility index (Phi) is 4.52. The van der Waals surface area contributed by atoms with E-state index in [0.717, 1.165) is 29.8 Å². The van der Waals surface area contributed by atoms with Crippen molar-refractivity contribution < 1.29 is 5.11 Å². The lowest BCUT2D eigenvalue weighted by atomic mass is 10.00. The van der Waals surface area contributed by atoms with Gasteiger partial charge in [-0.2, -0.15) is 10.2 Å². The van der Waals surface area contributed by atoms with Crippen LogP contribution < -0.4 is 5.32 Å². The van der Waals surface area contributed by atoms with Crippen molar-refractivity contribution in [2.24, 2.45) is 7.05 Å². The summed E-state index contributed by atoms with van der Waals surface area (Å²) in [7, 11) is 1.82. The number of aryl methyl sites for hydroxylation is 3. The second kappa shape index (κ2) is 6.17. The number of aromatic nitrogens is 5. The lowest BCUT2D eigenvalue weighted by Gasteiger charge is -2.22. The van der Waals surface area contributed by atoms with Gasteiger partial charge < -0.3 is 10.4 Å². The van der Waals surface area contributed by atoms with Crippen LogP contribution in [0.5, 0.6) is 0 Å². The van der Waals surface area contributed by atoms with E-state index in [9.17, 15) is 5.11 Å². The number of aliphatic hydroxyl groups is 1. The lowest BCUT2D eigenvalue weighted by Crippen LogP contribution is -2.31. The summed E-state index contributed by atoms with van der Waals surface area (Å²) in [6, 6.07) is 0. The molecule has 0 aliphatic carbocycles.